The molecular weight excluding hydrogens is 222 g/mol. The first-order valence-corrected chi connectivity index (χ1v) is 7.09. The molecule has 0 fully saturated rings. The third kappa shape index (κ3) is 5.09. The second kappa shape index (κ2) is 8.15. The first kappa shape index (κ1) is 15.0. The maximum absolute atomic E-state index is 5.90. The number of hydrogen-bond donors (Lipinski definition) is 1. The van der Waals surface area contributed by atoms with Gasteiger partial charge in [-0.2, -0.15) is 0 Å². The lowest BCUT2D eigenvalue weighted by Gasteiger charge is -2.15. The fraction of sp³-hybridized carbons (Fsp3) is 0.625. The molecule has 0 saturated heterocycles. The van der Waals surface area contributed by atoms with Gasteiger partial charge in [-0.1, -0.05) is 39.3 Å². The van der Waals surface area contributed by atoms with Gasteiger partial charge >= 0.3 is 0 Å². The molecule has 0 saturated carbocycles. The van der Waals surface area contributed by atoms with Gasteiger partial charge in [-0.3, -0.25) is 0 Å². The summed E-state index contributed by atoms with van der Waals surface area (Å²) in [5.41, 5.74) is 2.56. The number of unbranched alkanes of at least 4 members (excludes halogenated alkanes) is 1. The van der Waals surface area contributed by atoms with E-state index in [0.29, 0.717) is 5.92 Å². The highest BCUT2D eigenvalue weighted by Crippen LogP contribution is 2.27. The van der Waals surface area contributed by atoms with Crippen LogP contribution in [-0.2, 0) is 0 Å². The quantitative estimate of drug-likeness (QED) is 0.706. The van der Waals surface area contributed by atoms with Crippen LogP contribution in [0.15, 0.2) is 18.2 Å². The van der Waals surface area contributed by atoms with Crippen LogP contribution in [0.5, 0.6) is 5.75 Å². The van der Waals surface area contributed by atoms with Crippen molar-refractivity contribution in [2.24, 2.45) is 0 Å². The Labute approximate surface area is 112 Å². The van der Waals surface area contributed by atoms with Gasteiger partial charge in [-0.05, 0) is 43.0 Å². The second-order valence-corrected chi connectivity index (χ2v) is 5.15. The van der Waals surface area contributed by atoms with Gasteiger partial charge < -0.3 is 10.1 Å². The molecule has 1 N–H and O–H groups in total. The van der Waals surface area contributed by atoms with Crippen LogP contribution in [0.1, 0.15) is 50.7 Å². The molecule has 0 radical (unpaired) electrons. The summed E-state index contributed by atoms with van der Waals surface area (Å²) in [6.07, 6.45) is 2.48. The van der Waals surface area contributed by atoms with Gasteiger partial charge in [-0.15, -0.1) is 0 Å². The average molecular weight is 249 g/mol. The van der Waals surface area contributed by atoms with Crippen molar-refractivity contribution >= 4 is 0 Å². The Morgan fingerprint density at radius 1 is 1.22 bits per heavy atom. The number of hydrogen-bond acceptors (Lipinski definition) is 2. The Balaban J connectivity index is 2.43. The van der Waals surface area contributed by atoms with Gasteiger partial charge in [-0.25, -0.2) is 0 Å². The van der Waals surface area contributed by atoms with Crippen molar-refractivity contribution in [3.8, 4) is 5.75 Å². The minimum atomic E-state index is 0.508. The fourth-order valence-electron chi connectivity index (χ4n) is 1.90. The van der Waals surface area contributed by atoms with Crippen molar-refractivity contribution in [1.29, 1.82) is 0 Å². The molecule has 0 aliphatic carbocycles. The average Bonchev–Trinajstić information content (AvgIpc) is 2.33. The monoisotopic (exact) mass is 249 g/mol. The molecule has 0 spiro atoms. The lowest BCUT2D eigenvalue weighted by molar-refractivity contribution is 0.309. The summed E-state index contributed by atoms with van der Waals surface area (Å²) in [4.78, 5) is 0. The minimum absolute atomic E-state index is 0.508. The van der Waals surface area contributed by atoms with Crippen LogP contribution in [0.2, 0.25) is 0 Å². The van der Waals surface area contributed by atoms with Crippen molar-refractivity contribution in [2.45, 2.75) is 46.5 Å². The van der Waals surface area contributed by atoms with E-state index in [2.05, 4.69) is 51.2 Å². The lowest BCUT2D eigenvalue weighted by atomic mass is 10.0. The topological polar surface area (TPSA) is 21.3 Å². The Kier molecular flexibility index (Phi) is 6.81. The predicted molar refractivity (Wildman–Crippen MR) is 78.5 cm³/mol. The Morgan fingerprint density at radius 2 is 2.00 bits per heavy atom. The van der Waals surface area contributed by atoms with E-state index in [1.807, 2.05) is 0 Å². The van der Waals surface area contributed by atoms with Crippen molar-refractivity contribution in [1.82, 2.24) is 5.32 Å². The predicted octanol–water partition coefficient (Wildman–Crippen LogP) is 3.89. The van der Waals surface area contributed by atoms with Crippen molar-refractivity contribution in [2.75, 3.05) is 19.7 Å². The second-order valence-electron chi connectivity index (χ2n) is 5.15. The summed E-state index contributed by atoms with van der Waals surface area (Å²) in [6.45, 7) is 11.5. The first-order chi connectivity index (χ1) is 8.65. The number of nitrogens with one attached hydrogen (secondary N) is 1. The van der Waals surface area contributed by atoms with Crippen LogP contribution in [0.4, 0.5) is 0 Å². The first-order valence-electron chi connectivity index (χ1n) is 7.09. The molecule has 2 nitrogen and oxygen atoms in total. The molecule has 0 heterocycles. The molecule has 0 amide bonds. The highest BCUT2D eigenvalue weighted by molar-refractivity contribution is 5.39. The van der Waals surface area contributed by atoms with E-state index in [-0.39, 0.29) is 0 Å². The van der Waals surface area contributed by atoms with Crippen molar-refractivity contribution in [3.63, 3.8) is 0 Å². The van der Waals surface area contributed by atoms with E-state index in [1.54, 1.807) is 0 Å². The van der Waals surface area contributed by atoms with Gasteiger partial charge in [0.1, 0.15) is 12.4 Å². The zero-order chi connectivity index (χ0) is 13.4. The zero-order valence-electron chi connectivity index (χ0n) is 12.3. The molecule has 2 heteroatoms. The smallest absolute Gasteiger partial charge is 0.123 e. The van der Waals surface area contributed by atoms with E-state index in [0.717, 1.165) is 25.4 Å². The maximum atomic E-state index is 5.90. The SMILES string of the molecule is CCCCNCCOc1cc(C)ccc1C(C)C. The molecule has 1 aromatic rings. The lowest BCUT2D eigenvalue weighted by Crippen LogP contribution is -2.22. The van der Waals surface area contributed by atoms with Gasteiger partial charge in [0.2, 0.25) is 0 Å². The third-order valence-corrected chi connectivity index (χ3v) is 3.03. The van der Waals surface area contributed by atoms with E-state index < -0.39 is 0 Å². The summed E-state index contributed by atoms with van der Waals surface area (Å²) < 4.78 is 5.90. The van der Waals surface area contributed by atoms with Crippen LogP contribution >= 0.6 is 0 Å². The number of rotatable bonds is 8. The van der Waals surface area contributed by atoms with Crippen LogP contribution in [0.25, 0.3) is 0 Å². The van der Waals surface area contributed by atoms with Gasteiger partial charge in [0.15, 0.2) is 0 Å². The Hall–Kier alpha value is -1.02. The van der Waals surface area contributed by atoms with Crippen LogP contribution < -0.4 is 10.1 Å². The summed E-state index contributed by atoms with van der Waals surface area (Å²) in [5.74, 6) is 1.55. The van der Waals surface area contributed by atoms with E-state index >= 15 is 0 Å². The van der Waals surface area contributed by atoms with Crippen molar-refractivity contribution < 1.29 is 4.74 Å². The molecular formula is C16H27NO. The van der Waals surface area contributed by atoms with Crippen LogP contribution in [0.3, 0.4) is 0 Å². The normalized spacial score (nSPS) is 10.9. The fourth-order valence-corrected chi connectivity index (χ4v) is 1.90. The number of aryl methyl sites for hydroxylation is 1. The molecule has 1 rings (SSSR count). The largest absolute Gasteiger partial charge is 0.492 e. The minimum Gasteiger partial charge on any atom is -0.492 e. The molecule has 0 unspecified atom stereocenters. The number of benzene rings is 1. The van der Waals surface area contributed by atoms with Gasteiger partial charge in [0.25, 0.3) is 0 Å². The highest BCUT2D eigenvalue weighted by atomic mass is 16.5. The molecule has 0 aliphatic rings. The summed E-state index contributed by atoms with van der Waals surface area (Å²) >= 11 is 0. The maximum Gasteiger partial charge on any atom is 0.123 e. The number of ether oxygens (including phenoxy) is 1. The molecule has 0 bridgehead atoms. The highest BCUT2D eigenvalue weighted by Gasteiger charge is 2.07. The zero-order valence-corrected chi connectivity index (χ0v) is 12.3. The van der Waals surface area contributed by atoms with E-state index in [1.165, 1.54) is 24.0 Å². The third-order valence-electron chi connectivity index (χ3n) is 3.03. The van der Waals surface area contributed by atoms with Gasteiger partial charge in [0, 0.05) is 6.54 Å². The molecule has 18 heavy (non-hydrogen) atoms. The summed E-state index contributed by atoms with van der Waals surface area (Å²) in [6, 6.07) is 6.48. The standard InChI is InChI=1S/C16H27NO/c1-5-6-9-17-10-11-18-16-12-14(4)7-8-15(16)13(2)3/h7-8,12-13,17H,5-6,9-11H2,1-4H3. The summed E-state index contributed by atoms with van der Waals surface area (Å²) in [5, 5.41) is 3.39. The Bertz CT molecular complexity index is 347. The molecule has 0 aromatic heterocycles. The van der Waals surface area contributed by atoms with E-state index in [9.17, 15) is 0 Å². The van der Waals surface area contributed by atoms with Crippen molar-refractivity contribution in [3.05, 3.63) is 29.3 Å². The van der Waals surface area contributed by atoms with Gasteiger partial charge in [0.05, 0.1) is 0 Å². The van der Waals surface area contributed by atoms with Crippen LogP contribution in [-0.4, -0.2) is 19.7 Å². The molecule has 0 aliphatic heterocycles. The molecule has 0 atom stereocenters. The van der Waals surface area contributed by atoms with E-state index in [4.69, 9.17) is 4.74 Å². The Morgan fingerprint density at radius 3 is 2.67 bits per heavy atom. The molecule has 1 aromatic carbocycles. The molecule has 102 valence electrons. The van der Waals surface area contributed by atoms with Crippen LogP contribution in [0, 0.1) is 6.92 Å². The summed E-state index contributed by atoms with van der Waals surface area (Å²) in [7, 11) is 0.